The molecular weight excluding hydrogens is 160 g/mol. The minimum atomic E-state index is -0.0903. The molecule has 0 rings (SSSR count). The quantitative estimate of drug-likeness (QED) is 0.615. The molecule has 0 saturated carbocycles. The maximum atomic E-state index is 11.2. The summed E-state index contributed by atoms with van der Waals surface area (Å²) in [7, 11) is 3.77. The zero-order valence-corrected chi connectivity index (χ0v) is 8.35. The molecule has 4 heteroatoms. The average molecular weight is 176 g/mol. The van der Waals surface area contributed by atoms with E-state index in [9.17, 15) is 4.79 Å². The molecule has 0 aromatic heterocycles. The van der Waals surface area contributed by atoms with Gasteiger partial charge in [-0.1, -0.05) is 26.7 Å². The summed E-state index contributed by atoms with van der Waals surface area (Å²) in [5, 5.41) is 0. The molecule has 0 aromatic carbocycles. The van der Waals surface area contributed by atoms with Crippen LogP contribution in [-0.2, 0) is 4.79 Å². The minimum Gasteiger partial charge on any atom is -0.301 e. The van der Waals surface area contributed by atoms with Crippen LogP contribution in [0.15, 0.2) is 0 Å². The van der Waals surface area contributed by atoms with Gasteiger partial charge in [0.15, 0.2) is 0 Å². The lowest BCUT2D eigenvalue weighted by atomic mass is 10.0. The van der Waals surface area contributed by atoms with Gasteiger partial charge in [-0.2, -0.15) is 0 Å². The van der Waals surface area contributed by atoms with Crippen molar-refractivity contribution in [2.75, 3.05) is 14.1 Å². The van der Waals surface area contributed by atoms with Crippen LogP contribution in [0.25, 0.3) is 0 Å². The van der Waals surface area contributed by atoms with Crippen molar-refractivity contribution in [1.82, 2.24) is 9.62 Å². The predicted octanol–water partition coefficient (Wildman–Crippen LogP) is 0.534. The molecule has 0 radical (unpaired) electrons. The van der Waals surface area contributed by atoms with Crippen LogP contribution in [-0.4, -0.2) is 30.9 Å². The van der Waals surface area contributed by atoms with Crippen molar-refractivity contribution in [1.29, 1.82) is 0 Å². The van der Waals surface area contributed by atoms with Crippen LogP contribution >= 0.6 is 12.8 Å². The van der Waals surface area contributed by atoms with Crippen LogP contribution in [0.1, 0.15) is 13.8 Å². The van der Waals surface area contributed by atoms with Crippen LogP contribution in [0.4, 0.5) is 0 Å². The molecule has 0 aliphatic carbocycles. The van der Waals surface area contributed by atoms with Crippen LogP contribution in [0.3, 0.4) is 0 Å². The number of carbonyl (C=O) groups is 1. The van der Waals surface area contributed by atoms with E-state index in [0.29, 0.717) is 5.92 Å². The van der Waals surface area contributed by atoms with Crippen molar-refractivity contribution in [3.63, 3.8) is 0 Å². The number of amides is 1. The molecular formula is C7H16N2OS. The zero-order valence-electron chi connectivity index (χ0n) is 7.46. The van der Waals surface area contributed by atoms with Gasteiger partial charge in [0, 0.05) is 0 Å². The molecule has 0 aliphatic rings. The topological polar surface area (TPSA) is 32.3 Å². The third kappa shape index (κ3) is 3.12. The lowest BCUT2D eigenvalue weighted by Gasteiger charge is -2.25. The second-order valence-corrected chi connectivity index (χ2v) is 3.35. The van der Waals surface area contributed by atoms with Crippen molar-refractivity contribution in [3.05, 3.63) is 0 Å². The Hall–Kier alpha value is -0.220. The number of likely N-dealkylation sites (N-methyl/N-ethyl adjacent to an activating group) is 1. The SMILES string of the molecule is CC(C)C(C(=O)NS)N(C)C. The molecule has 1 amide bonds. The molecule has 0 bridgehead atoms. The van der Waals surface area contributed by atoms with E-state index in [2.05, 4.69) is 17.5 Å². The summed E-state index contributed by atoms with van der Waals surface area (Å²) >= 11 is 3.72. The Morgan fingerprint density at radius 2 is 1.91 bits per heavy atom. The standard InChI is InChI=1S/C7H16N2OS/c1-5(2)6(9(3)4)7(10)8-11/h5-6,11H,1-4H3,(H,8,10). The van der Waals surface area contributed by atoms with Gasteiger partial charge >= 0.3 is 0 Å². The first-order chi connectivity index (χ1) is 5.00. The first kappa shape index (κ1) is 10.8. The van der Waals surface area contributed by atoms with Crippen LogP contribution in [0.2, 0.25) is 0 Å². The summed E-state index contributed by atoms with van der Waals surface area (Å²) in [6.07, 6.45) is 0. The maximum absolute atomic E-state index is 11.2. The van der Waals surface area contributed by atoms with Gasteiger partial charge in [-0.05, 0) is 20.0 Å². The highest BCUT2D eigenvalue weighted by atomic mass is 32.1. The fourth-order valence-electron chi connectivity index (χ4n) is 1.20. The summed E-state index contributed by atoms with van der Waals surface area (Å²) in [4.78, 5) is 13.1. The zero-order chi connectivity index (χ0) is 9.02. The van der Waals surface area contributed by atoms with E-state index in [4.69, 9.17) is 0 Å². The molecule has 0 spiro atoms. The molecule has 1 atom stereocenters. The fourth-order valence-corrected chi connectivity index (χ4v) is 1.33. The second-order valence-electron chi connectivity index (χ2n) is 3.13. The van der Waals surface area contributed by atoms with Crippen molar-refractivity contribution in [2.45, 2.75) is 19.9 Å². The molecule has 3 nitrogen and oxygen atoms in total. The highest BCUT2D eigenvalue weighted by molar-refractivity contribution is 7.78. The number of rotatable bonds is 3. The third-order valence-electron chi connectivity index (χ3n) is 1.57. The minimum absolute atomic E-state index is 0.0478. The third-order valence-corrected chi connectivity index (χ3v) is 1.79. The van der Waals surface area contributed by atoms with Gasteiger partial charge < -0.3 is 4.72 Å². The highest BCUT2D eigenvalue weighted by Crippen LogP contribution is 2.07. The Balaban J connectivity index is 4.22. The van der Waals surface area contributed by atoms with Crippen molar-refractivity contribution < 1.29 is 4.79 Å². The monoisotopic (exact) mass is 176 g/mol. The summed E-state index contributed by atoms with van der Waals surface area (Å²) in [6, 6.07) is -0.0903. The number of hydrogen-bond donors (Lipinski definition) is 2. The van der Waals surface area contributed by atoms with E-state index in [1.807, 2.05) is 32.8 Å². The van der Waals surface area contributed by atoms with Crippen LogP contribution < -0.4 is 4.72 Å². The van der Waals surface area contributed by atoms with E-state index in [-0.39, 0.29) is 11.9 Å². The first-order valence-electron chi connectivity index (χ1n) is 3.61. The Labute approximate surface area is 73.7 Å². The molecule has 0 saturated heterocycles. The van der Waals surface area contributed by atoms with E-state index in [0.717, 1.165) is 0 Å². The Morgan fingerprint density at radius 3 is 2.00 bits per heavy atom. The fraction of sp³-hybridized carbons (Fsp3) is 0.857. The van der Waals surface area contributed by atoms with Gasteiger partial charge in [0.2, 0.25) is 5.91 Å². The lowest BCUT2D eigenvalue weighted by molar-refractivity contribution is -0.124. The molecule has 0 aromatic rings. The molecule has 0 heterocycles. The molecule has 0 aliphatic heterocycles. The van der Waals surface area contributed by atoms with Crippen molar-refractivity contribution in [3.8, 4) is 0 Å². The second kappa shape index (κ2) is 4.62. The number of nitrogens with one attached hydrogen (secondary N) is 1. The number of nitrogens with zero attached hydrogens (tertiary/aromatic N) is 1. The highest BCUT2D eigenvalue weighted by Gasteiger charge is 2.22. The molecule has 1 N–H and O–H groups in total. The summed E-state index contributed by atoms with van der Waals surface area (Å²) < 4.78 is 2.34. The van der Waals surface area contributed by atoms with Gasteiger partial charge in [0.05, 0.1) is 6.04 Å². The Bertz CT molecular complexity index is 128. The van der Waals surface area contributed by atoms with Crippen LogP contribution in [0, 0.1) is 5.92 Å². The Morgan fingerprint density at radius 1 is 1.45 bits per heavy atom. The van der Waals surface area contributed by atoms with Gasteiger partial charge in [0.25, 0.3) is 0 Å². The summed E-state index contributed by atoms with van der Waals surface area (Å²) in [5.74, 6) is 0.255. The largest absolute Gasteiger partial charge is 0.301 e. The van der Waals surface area contributed by atoms with E-state index in [1.165, 1.54) is 0 Å². The lowest BCUT2D eigenvalue weighted by Crippen LogP contribution is -2.44. The average Bonchev–Trinajstić information content (AvgIpc) is 1.85. The van der Waals surface area contributed by atoms with E-state index >= 15 is 0 Å². The van der Waals surface area contributed by atoms with Crippen molar-refractivity contribution >= 4 is 18.7 Å². The number of thiol groups is 1. The molecule has 66 valence electrons. The van der Waals surface area contributed by atoms with Gasteiger partial charge in [-0.15, -0.1) is 0 Å². The summed E-state index contributed by atoms with van der Waals surface area (Å²) in [5.41, 5.74) is 0. The van der Waals surface area contributed by atoms with E-state index < -0.39 is 0 Å². The van der Waals surface area contributed by atoms with Crippen LogP contribution in [0.5, 0.6) is 0 Å². The molecule has 1 unspecified atom stereocenters. The predicted molar refractivity (Wildman–Crippen MR) is 49.4 cm³/mol. The van der Waals surface area contributed by atoms with Gasteiger partial charge in [0.1, 0.15) is 0 Å². The normalized spacial score (nSPS) is 13.7. The molecule has 0 fully saturated rings. The smallest absolute Gasteiger partial charge is 0.247 e. The van der Waals surface area contributed by atoms with E-state index in [1.54, 1.807) is 0 Å². The van der Waals surface area contributed by atoms with Crippen molar-refractivity contribution in [2.24, 2.45) is 5.92 Å². The van der Waals surface area contributed by atoms with Gasteiger partial charge in [-0.3, -0.25) is 9.69 Å². The maximum Gasteiger partial charge on any atom is 0.247 e. The Kier molecular flexibility index (Phi) is 4.52. The molecule has 11 heavy (non-hydrogen) atoms. The number of hydrogen-bond acceptors (Lipinski definition) is 3. The number of carbonyl (C=O) groups excluding carboxylic acids is 1. The summed E-state index contributed by atoms with van der Waals surface area (Å²) in [6.45, 7) is 4.02. The first-order valence-corrected chi connectivity index (χ1v) is 4.05. The van der Waals surface area contributed by atoms with Gasteiger partial charge in [-0.25, -0.2) is 0 Å².